The summed E-state index contributed by atoms with van der Waals surface area (Å²) in [5.74, 6) is 0.0622. The van der Waals surface area contributed by atoms with E-state index in [1.54, 1.807) is 6.20 Å². The van der Waals surface area contributed by atoms with Crippen LogP contribution in [0.1, 0.15) is 34.8 Å². The third-order valence-corrected chi connectivity index (χ3v) is 5.60. The molecule has 2 aromatic carbocycles. The van der Waals surface area contributed by atoms with E-state index in [9.17, 15) is 4.79 Å². The second-order valence-corrected chi connectivity index (χ2v) is 7.38. The molecule has 0 bridgehead atoms. The van der Waals surface area contributed by atoms with Crippen molar-refractivity contribution < 1.29 is 4.79 Å². The molecule has 0 spiro atoms. The molecule has 4 nitrogen and oxygen atoms in total. The van der Waals surface area contributed by atoms with Crippen molar-refractivity contribution in [3.8, 4) is 11.3 Å². The second kappa shape index (κ2) is 7.47. The minimum atomic E-state index is 0.0622. The molecule has 1 aliphatic heterocycles. The first-order valence-electron chi connectivity index (χ1n) is 9.97. The monoisotopic (exact) mass is 379 g/mol. The summed E-state index contributed by atoms with van der Waals surface area (Å²) < 4.78 is 0. The van der Waals surface area contributed by atoms with Gasteiger partial charge in [-0.3, -0.25) is 9.78 Å². The molecular formula is C25H21N3O. The Labute approximate surface area is 169 Å². The van der Waals surface area contributed by atoms with Crippen LogP contribution in [-0.2, 0) is 0 Å². The van der Waals surface area contributed by atoms with Crippen LogP contribution in [0.5, 0.6) is 0 Å². The number of carbonyl (C=O) groups excluding carboxylic acids is 1. The minimum absolute atomic E-state index is 0.0622. The molecule has 142 valence electrons. The molecule has 0 radical (unpaired) electrons. The van der Waals surface area contributed by atoms with Gasteiger partial charge in [0, 0.05) is 29.9 Å². The molecule has 5 rings (SSSR count). The average molecular weight is 379 g/mol. The predicted molar refractivity (Wildman–Crippen MR) is 114 cm³/mol. The molecule has 3 heterocycles. The Hall–Kier alpha value is -3.53. The predicted octanol–water partition coefficient (Wildman–Crippen LogP) is 5.27. The fraction of sp³-hybridized carbons (Fsp3) is 0.160. The maximum atomic E-state index is 13.7. The third-order valence-electron chi connectivity index (χ3n) is 5.60. The van der Waals surface area contributed by atoms with Crippen molar-refractivity contribution in [2.75, 3.05) is 6.54 Å². The Kier molecular flexibility index (Phi) is 4.53. The smallest absolute Gasteiger partial charge is 0.255 e. The van der Waals surface area contributed by atoms with Crippen molar-refractivity contribution in [3.05, 3.63) is 96.3 Å². The summed E-state index contributed by atoms with van der Waals surface area (Å²) in [6, 6.07) is 23.9. The number of para-hydroxylation sites is 1. The van der Waals surface area contributed by atoms with E-state index in [-0.39, 0.29) is 11.9 Å². The number of fused-ring (bicyclic) bond motifs is 1. The third kappa shape index (κ3) is 3.27. The van der Waals surface area contributed by atoms with E-state index in [4.69, 9.17) is 4.98 Å². The molecule has 0 saturated carbocycles. The Morgan fingerprint density at radius 1 is 0.966 bits per heavy atom. The van der Waals surface area contributed by atoms with Crippen LogP contribution in [-0.4, -0.2) is 27.3 Å². The van der Waals surface area contributed by atoms with Gasteiger partial charge in [0.05, 0.1) is 22.8 Å². The van der Waals surface area contributed by atoms with Crippen LogP contribution in [0.25, 0.3) is 22.2 Å². The van der Waals surface area contributed by atoms with Crippen LogP contribution in [0.15, 0.2) is 85.2 Å². The van der Waals surface area contributed by atoms with Crippen molar-refractivity contribution in [2.24, 2.45) is 0 Å². The first-order valence-corrected chi connectivity index (χ1v) is 9.97. The highest BCUT2D eigenvalue weighted by Crippen LogP contribution is 2.34. The SMILES string of the molecule is O=C(c1cc(-c2ccccc2)nc2ccccc12)N1CCC[C@@H]1c1cccnc1. The Morgan fingerprint density at radius 2 is 1.79 bits per heavy atom. The van der Waals surface area contributed by atoms with Gasteiger partial charge in [-0.05, 0) is 36.6 Å². The van der Waals surface area contributed by atoms with Crippen molar-refractivity contribution in [1.82, 2.24) is 14.9 Å². The number of hydrogen-bond acceptors (Lipinski definition) is 3. The van der Waals surface area contributed by atoms with Gasteiger partial charge in [-0.2, -0.15) is 0 Å². The number of pyridine rings is 2. The number of rotatable bonds is 3. The maximum Gasteiger partial charge on any atom is 0.255 e. The van der Waals surface area contributed by atoms with E-state index >= 15 is 0 Å². The van der Waals surface area contributed by atoms with Crippen molar-refractivity contribution in [3.63, 3.8) is 0 Å². The largest absolute Gasteiger partial charge is 0.332 e. The summed E-state index contributed by atoms with van der Waals surface area (Å²) in [4.78, 5) is 24.8. The topological polar surface area (TPSA) is 46.1 Å². The van der Waals surface area contributed by atoms with Crippen LogP contribution in [0.2, 0.25) is 0 Å². The van der Waals surface area contributed by atoms with Crippen LogP contribution >= 0.6 is 0 Å². The van der Waals surface area contributed by atoms with Crippen LogP contribution < -0.4 is 0 Å². The lowest BCUT2D eigenvalue weighted by Crippen LogP contribution is -2.30. The zero-order valence-corrected chi connectivity index (χ0v) is 16.0. The number of nitrogens with zero attached hydrogens (tertiary/aromatic N) is 3. The zero-order chi connectivity index (χ0) is 19.6. The fourth-order valence-corrected chi connectivity index (χ4v) is 4.19. The van der Waals surface area contributed by atoms with Crippen molar-refractivity contribution >= 4 is 16.8 Å². The first kappa shape index (κ1) is 17.6. The van der Waals surface area contributed by atoms with E-state index < -0.39 is 0 Å². The second-order valence-electron chi connectivity index (χ2n) is 7.38. The lowest BCUT2D eigenvalue weighted by atomic mass is 10.0. The summed E-state index contributed by atoms with van der Waals surface area (Å²) in [6.07, 6.45) is 5.61. The molecule has 1 saturated heterocycles. The van der Waals surface area contributed by atoms with Gasteiger partial charge in [0.1, 0.15) is 0 Å². The van der Waals surface area contributed by atoms with Crippen molar-refractivity contribution in [1.29, 1.82) is 0 Å². The van der Waals surface area contributed by atoms with Crippen LogP contribution in [0, 0.1) is 0 Å². The number of carbonyl (C=O) groups is 1. The average Bonchev–Trinajstić information content (AvgIpc) is 3.29. The van der Waals surface area contributed by atoms with E-state index in [1.807, 2.05) is 77.8 Å². The number of aromatic nitrogens is 2. The lowest BCUT2D eigenvalue weighted by molar-refractivity contribution is 0.0737. The van der Waals surface area contributed by atoms with Crippen molar-refractivity contribution in [2.45, 2.75) is 18.9 Å². The summed E-state index contributed by atoms with van der Waals surface area (Å²) in [6.45, 7) is 0.760. The summed E-state index contributed by atoms with van der Waals surface area (Å²) >= 11 is 0. The van der Waals surface area contributed by atoms with Gasteiger partial charge >= 0.3 is 0 Å². The highest BCUT2D eigenvalue weighted by molar-refractivity contribution is 6.07. The molecule has 1 atom stereocenters. The standard InChI is InChI=1S/C25H21N3O/c29-25(28-15-7-13-24(28)19-10-6-14-26-17-19)21-16-23(18-8-2-1-3-9-18)27-22-12-5-4-11-20(21)22/h1-6,8-12,14,16-17,24H,7,13,15H2/t24-/m1/s1. The zero-order valence-electron chi connectivity index (χ0n) is 16.0. The minimum Gasteiger partial charge on any atom is -0.332 e. The van der Waals surface area contributed by atoms with Gasteiger partial charge in [-0.15, -0.1) is 0 Å². The number of hydrogen-bond donors (Lipinski definition) is 0. The molecule has 4 aromatic rings. The molecule has 2 aromatic heterocycles. The van der Waals surface area contributed by atoms with Gasteiger partial charge < -0.3 is 4.90 Å². The molecular weight excluding hydrogens is 358 g/mol. The Morgan fingerprint density at radius 3 is 2.62 bits per heavy atom. The number of likely N-dealkylation sites (tertiary alicyclic amines) is 1. The molecule has 1 amide bonds. The lowest BCUT2D eigenvalue weighted by Gasteiger charge is -2.25. The summed E-state index contributed by atoms with van der Waals surface area (Å²) in [5.41, 5.74) is 4.49. The number of benzene rings is 2. The van der Waals surface area contributed by atoms with E-state index in [0.717, 1.165) is 47.1 Å². The van der Waals surface area contributed by atoms with E-state index in [1.165, 1.54) is 0 Å². The molecule has 0 N–H and O–H groups in total. The first-order chi connectivity index (χ1) is 14.3. The fourth-order valence-electron chi connectivity index (χ4n) is 4.19. The molecule has 0 unspecified atom stereocenters. The quantitative estimate of drug-likeness (QED) is 0.487. The van der Waals surface area contributed by atoms with Gasteiger partial charge in [0.25, 0.3) is 5.91 Å². The summed E-state index contributed by atoms with van der Waals surface area (Å²) in [5, 5.41) is 0.897. The Balaban J connectivity index is 1.61. The van der Waals surface area contributed by atoms with Gasteiger partial charge in [0.15, 0.2) is 0 Å². The van der Waals surface area contributed by atoms with Crippen LogP contribution in [0.4, 0.5) is 0 Å². The van der Waals surface area contributed by atoms with Gasteiger partial charge in [-0.1, -0.05) is 54.6 Å². The highest BCUT2D eigenvalue weighted by Gasteiger charge is 2.31. The molecule has 0 aliphatic carbocycles. The van der Waals surface area contributed by atoms with Gasteiger partial charge in [-0.25, -0.2) is 4.98 Å². The molecule has 29 heavy (non-hydrogen) atoms. The van der Waals surface area contributed by atoms with Gasteiger partial charge in [0.2, 0.25) is 0 Å². The summed E-state index contributed by atoms with van der Waals surface area (Å²) in [7, 11) is 0. The normalized spacial score (nSPS) is 16.3. The Bertz CT molecular complexity index is 1160. The maximum absolute atomic E-state index is 13.7. The van der Waals surface area contributed by atoms with Crippen LogP contribution in [0.3, 0.4) is 0 Å². The molecule has 4 heteroatoms. The van der Waals surface area contributed by atoms with E-state index in [0.29, 0.717) is 5.56 Å². The number of amides is 1. The molecule has 1 aliphatic rings. The molecule has 1 fully saturated rings. The highest BCUT2D eigenvalue weighted by atomic mass is 16.2. The van der Waals surface area contributed by atoms with E-state index in [2.05, 4.69) is 11.1 Å².